The van der Waals surface area contributed by atoms with Crippen LogP contribution < -0.4 is 5.32 Å². The number of aryl methyl sites for hydroxylation is 1. The molecule has 0 saturated carbocycles. The van der Waals surface area contributed by atoms with Crippen molar-refractivity contribution < 1.29 is 9.36 Å². The van der Waals surface area contributed by atoms with Crippen molar-refractivity contribution in [3.05, 3.63) is 95.1 Å². The first-order valence-electron chi connectivity index (χ1n) is 12.2. The van der Waals surface area contributed by atoms with E-state index in [-0.39, 0.29) is 5.91 Å². The van der Waals surface area contributed by atoms with Crippen LogP contribution in [-0.4, -0.2) is 42.4 Å². The van der Waals surface area contributed by atoms with Gasteiger partial charge >= 0.3 is 0 Å². The van der Waals surface area contributed by atoms with Gasteiger partial charge in [0, 0.05) is 24.4 Å². The molecule has 5 rings (SSSR count). The third-order valence-electron chi connectivity index (χ3n) is 7.17. The minimum absolute atomic E-state index is 0.0620. The summed E-state index contributed by atoms with van der Waals surface area (Å²) in [5.74, 6) is -0.0620. The van der Waals surface area contributed by atoms with E-state index >= 15 is 0 Å². The smallest absolute Gasteiger partial charge is 0.251 e. The maximum absolute atomic E-state index is 13.5. The van der Waals surface area contributed by atoms with E-state index in [1.165, 1.54) is 11.1 Å². The van der Waals surface area contributed by atoms with E-state index in [9.17, 15) is 9.36 Å². The molecule has 0 atom stereocenters. The van der Waals surface area contributed by atoms with Crippen molar-refractivity contribution in [3.8, 4) is 11.1 Å². The Bertz CT molecular complexity index is 1290. The molecule has 1 fully saturated rings. The summed E-state index contributed by atoms with van der Waals surface area (Å²) in [4.78, 5) is 13.0. The van der Waals surface area contributed by atoms with E-state index < -0.39 is 7.44 Å². The molecular weight excluding hydrogens is 453 g/mol. The third-order valence-corrected chi connectivity index (χ3v) is 10.5. The quantitative estimate of drug-likeness (QED) is 0.432. The number of anilines is 1. The highest BCUT2D eigenvalue weighted by Gasteiger charge is 2.35. The molecule has 0 bridgehead atoms. The normalized spacial score (nSPS) is 17.9. The van der Waals surface area contributed by atoms with E-state index in [4.69, 9.17) is 0 Å². The number of fused-ring (bicyclic) bond motifs is 1. The minimum Gasteiger partial charge on any atom is -0.322 e. The van der Waals surface area contributed by atoms with Gasteiger partial charge in [0.25, 0.3) is 5.91 Å². The summed E-state index contributed by atoms with van der Waals surface area (Å²) in [6.07, 6.45) is 5.16. The van der Waals surface area contributed by atoms with Crippen molar-refractivity contribution in [2.24, 2.45) is 0 Å². The number of carbonyl (C=O) groups excluding carboxylic acids is 1. The van der Waals surface area contributed by atoms with Gasteiger partial charge in [-0.1, -0.05) is 54.6 Å². The largest absolute Gasteiger partial charge is 0.322 e. The second-order valence-electron chi connectivity index (χ2n) is 9.54. The summed E-state index contributed by atoms with van der Waals surface area (Å²) in [6.45, 7) is 1.72. The zero-order valence-corrected chi connectivity index (χ0v) is 21.3. The summed E-state index contributed by atoms with van der Waals surface area (Å²) in [6, 6.07) is 24.6. The van der Waals surface area contributed by atoms with Crippen LogP contribution in [-0.2, 0) is 21.9 Å². The lowest BCUT2D eigenvalue weighted by Crippen LogP contribution is -2.35. The van der Waals surface area contributed by atoms with Gasteiger partial charge in [-0.3, -0.25) is 9.36 Å². The van der Waals surface area contributed by atoms with Gasteiger partial charge in [0.1, 0.15) is 0 Å². The Hall–Kier alpha value is -2.98. The minimum atomic E-state index is -2.57. The molecule has 1 saturated heterocycles. The SMILES string of the molecule is CN1CCCN(C)P1(=O)Cc1ccc(NC(=O)C2=Cc3cc(-c4ccccc4)ccc3CC2)cc1. The van der Waals surface area contributed by atoms with Crippen LogP contribution in [0, 0.1) is 0 Å². The summed E-state index contributed by atoms with van der Waals surface area (Å²) >= 11 is 0. The topological polar surface area (TPSA) is 52.6 Å². The van der Waals surface area contributed by atoms with E-state index in [1.54, 1.807) is 0 Å². The van der Waals surface area contributed by atoms with Crippen LogP contribution in [0.3, 0.4) is 0 Å². The van der Waals surface area contributed by atoms with Crippen LogP contribution >= 0.6 is 7.44 Å². The Labute approximate surface area is 207 Å². The highest BCUT2D eigenvalue weighted by Crippen LogP contribution is 2.56. The van der Waals surface area contributed by atoms with Gasteiger partial charge in [-0.15, -0.1) is 0 Å². The van der Waals surface area contributed by atoms with Gasteiger partial charge in [0.15, 0.2) is 0 Å². The highest BCUT2D eigenvalue weighted by atomic mass is 31.2. The summed E-state index contributed by atoms with van der Waals surface area (Å²) < 4.78 is 17.5. The van der Waals surface area contributed by atoms with Crippen molar-refractivity contribution in [3.63, 3.8) is 0 Å². The summed E-state index contributed by atoms with van der Waals surface area (Å²) in [5.41, 5.74) is 7.29. The fourth-order valence-electron chi connectivity index (χ4n) is 4.96. The predicted octanol–water partition coefficient (Wildman–Crippen LogP) is 6.28. The van der Waals surface area contributed by atoms with Crippen LogP contribution in [0.4, 0.5) is 5.69 Å². The van der Waals surface area contributed by atoms with Crippen molar-refractivity contribution in [1.29, 1.82) is 0 Å². The fourth-order valence-corrected chi connectivity index (χ4v) is 7.56. The van der Waals surface area contributed by atoms with Gasteiger partial charge in [0.05, 0.1) is 6.16 Å². The van der Waals surface area contributed by atoms with Crippen LogP contribution in [0.25, 0.3) is 17.2 Å². The van der Waals surface area contributed by atoms with Crippen LogP contribution in [0.5, 0.6) is 0 Å². The molecule has 1 aliphatic heterocycles. The van der Waals surface area contributed by atoms with Crippen molar-refractivity contribution in [2.75, 3.05) is 32.5 Å². The molecule has 1 N–H and O–H groups in total. The number of hydrogen-bond donors (Lipinski definition) is 1. The lowest BCUT2D eigenvalue weighted by molar-refractivity contribution is -0.112. The molecule has 35 heavy (non-hydrogen) atoms. The first-order valence-corrected chi connectivity index (χ1v) is 14.0. The standard InChI is InChI=1S/C29H32N3O2P/c1-31-17-6-18-32(2)35(31,34)21-22-9-15-28(16-10-22)30-29(33)26-14-12-24-11-13-25(19-27(24)20-26)23-7-4-3-5-8-23/h3-5,7-11,13,15-16,19-20H,6,12,14,17-18,21H2,1-2H3,(H,30,33). The van der Waals surface area contributed by atoms with E-state index in [1.807, 2.05) is 72.0 Å². The molecule has 0 aromatic heterocycles. The molecule has 0 radical (unpaired) electrons. The molecule has 0 unspecified atom stereocenters. The number of benzene rings is 3. The molecule has 180 valence electrons. The zero-order chi connectivity index (χ0) is 24.4. The van der Waals surface area contributed by atoms with Crippen LogP contribution in [0.1, 0.15) is 29.5 Å². The fraction of sp³-hybridized carbons (Fsp3) is 0.276. The molecule has 1 aliphatic carbocycles. The number of nitrogens with zero attached hydrogens (tertiary/aromatic N) is 2. The maximum Gasteiger partial charge on any atom is 0.251 e. The molecule has 0 spiro atoms. The Morgan fingerprint density at radius 3 is 2.31 bits per heavy atom. The van der Waals surface area contributed by atoms with Gasteiger partial charge in [-0.2, -0.15) is 0 Å². The van der Waals surface area contributed by atoms with Gasteiger partial charge in [-0.05, 0) is 85.5 Å². The highest BCUT2D eigenvalue weighted by molar-refractivity contribution is 7.58. The van der Waals surface area contributed by atoms with Gasteiger partial charge < -0.3 is 5.32 Å². The van der Waals surface area contributed by atoms with Crippen molar-refractivity contribution in [2.45, 2.75) is 25.4 Å². The maximum atomic E-state index is 13.5. The predicted molar refractivity (Wildman–Crippen MR) is 144 cm³/mol. The lowest BCUT2D eigenvalue weighted by Gasteiger charge is -2.39. The van der Waals surface area contributed by atoms with Gasteiger partial charge in [-0.25, -0.2) is 9.34 Å². The first kappa shape index (κ1) is 23.7. The van der Waals surface area contributed by atoms with E-state index in [0.717, 1.165) is 60.3 Å². The first-order chi connectivity index (χ1) is 16.9. The monoisotopic (exact) mass is 485 g/mol. The van der Waals surface area contributed by atoms with Crippen LogP contribution in [0.2, 0.25) is 0 Å². The molecule has 1 heterocycles. The molecule has 2 aliphatic rings. The zero-order valence-electron chi connectivity index (χ0n) is 20.4. The van der Waals surface area contributed by atoms with Gasteiger partial charge in [0.2, 0.25) is 7.44 Å². The average Bonchev–Trinajstić information content (AvgIpc) is 2.88. The summed E-state index contributed by atoms with van der Waals surface area (Å²) in [5, 5.41) is 3.05. The Kier molecular flexibility index (Phi) is 6.75. The number of carbonyl (C=O) groups is 1. The molecule has 6 heteroatoms. The van der Waals surface area contributed by atoms with Crippen molar-refractivity contribution >= 4 is 25.1 Å². The van der Waals surface area contributed by atoms with E-state index in [0.29, 0.717) is 6.16 Å². The Balaban J connectivity index is 1.28. The molecule has 1 amide bonds. The molecule has 3 aromatic carbocycles. The second kappa shape index (κ2) is 9.94. The number of rotatable bonds is 5. The number of hydrogen-bond acceptors (Lipinski definition) is 2. The average molecular weight is 486 g/mol. The third kappa shape index (κ3) is 5.04. The molecular formula is C29H32N3O2P. The number of nitrogens with one attached hydrogen (secondary N) is 1. The van der Waals surface area contributed by atoms with Crippen LogP contribution in [0.15, 0.2) is 78.4 Å². The Morgan fingerprint density at radius 1 is 0.886 bits per heavy atom. The van der Waals surface area contributed by atoms with Crippen molar-refractivity contribution in [1.82, 2.24) is 9.34 Å². The number of amides is 1. The molecule has 5 nitrogen and oxygen atoms in total. The molecule has 3 aromatic rings. The Morgan fingerprint density at radius 2 is 1.60 bits per heavy atom. The lowest BCUT2D eigenvalue weighted by atomic mass is 9.89. The second-order valence-corrected chi connectivity index (χ2v) is 12.6. The van der Waals surface area contributed by atoms with E-state index in [2.05, 4.69) is 35.6 Å². The summed E-state index contributed by atoms with van der Waals surface area (Å²) in [7, 11) is 1.33.